The number of hydrogen-bond donors (Lipinski definition) is 0. The van der Waals surface area contributed by atoms with Crippen LogP contribution in [0.2, 0.25) is 0 Å². The summed E-state index contributed by atoms with van der Waals surface area (Å²) < 4.78 is 7.64. The second kappa shape index (κ2) is 8.14. The van der Waals surface area contributed by atoms with Gasteiger partial charge in [-0.15, -0.1) is 0 Å². The molecule has 0 unspecified atom stereocenters. The fourth-order valence-corrected chi connectivity index (χ4v) is 4.34. The largest absolute Gasteiger partial charge is 0.484 e. The molecule has 1 aromatic heterocycles. The lowest BCUT2D eigenvalue weighted by Gasteiger charge is -2.27. The van der Waals surface area contributed by atoms with Gasteiger partial charge in [0.1, 0.15) is 5.75 Å². The molecule has 138 valence electrons. The van der Waals surface area contributed by atoms with E-state index in [1.807, 2.05) is 47.0 Å². The first kappa shape index (κ1) is 17.4. The van der Waals surface area contributed by atoms with Crippen molar-refractivity contribution < 1.29 is 9.53 Å². The molecule has 0 spiro atoms. The minimum atomic E-state index is 0.0240. The van der Waals surface area contributed by atoms with Crippen LogP contribution < -0.4 is 4.74 Å². The van der Waals surface area contributed by atoms with E-state index in [2.05, 4.69) is 15.6 Å². The summed E-state index contributed by atoms with van der Waals surface area (Å²) in [7, 11) is 0. The second-order valence-electron chi connectivity index (χ2n) is 6.66. The van der Waals surface area contributed by atoms with E-state index in [4.69, 9.17) is 9.84 Å². The number of carbonyl (C=O) groups excluding carboxylic acids is 1. The number of thioether (sulfide) groups is 1. The standard InChI is InChI=1S/C19H24N4O2S/c24-19(15-25-18-4-2-1-3-5-18)22-6-7-23-17(14-22)12-16(20-23)13-21-8-10-26-11-9-21/h1-5,12H,6-11,13-15H2. The lowest BCUT2D eigenvalue weighted by molar-refractivity contribution is -0.134. The number of fused-ring (bicyclic) bond motifs is 1. The zero-order valence-electron chi connectivity index (χ0n) is 14.8. The van der Waals surface area contributed by atoms with E-state index >= 15 is 0 Å². The highest BCUT2D eigenvalue weighted by atomic mass is 32.2. The minimum Gasteiger partial charge on any atom is -0.484 e. The molecule has 7 heteroatoms. The van der Waals surface area contributed by atoms with Gasteiger partial charge in [-0.2, -0.15) is 16.9 Å². The molecule has 2 aromatic rings. The fraction of sp³-hybridized carbons (Fsp3) is 0.474. The smallest absolute Gasteiger partial charge is 0.260 e. The number of carbonyl (C=O) groups is 1. The van der Waals surface area contributed by atoms with Crippen molar-refractivity contribution in [3.8, 4) is 5.75 Å². The second-order valence-corrected chi connectivity index (χ2v) is 7.88. The van der Waals surface area contributed by atoms with Crippen LogP contribution in [-0.4, -0.2) is 63.2 Å². The third-order valence-electron chi connectivity index (χ3n) is 4.80. The number of nitrogens with zero attached hydrogens (tertiary/aromatic N) is 4. The molecule has 0 saturated carbocycles. The Morgan fingerprint density at radius 1 is 1.12 bits per heavy atom. The van der Waals surface area contributed by atoms with Crippen LogP contribution in [0, 0.1) is 0 Å². The minimum absolute atomic E-state index is 0.0240. The van der Waals surface area contributed by atoms with Gasteiger partial charge >= 0.3 is 0 Å². The lowest BCUT2D eigenvalue weighted by Crippen LogP contribution is -2.40. The molecule has 0 radical (unpaired) electrons. The first-order valence-corrected chi connectivity index (χ1v) is 10.2. The Morgan fingerprint density at radius 3 is 2.73 bits per heavy atom. The van der Waals surface area contributed by atoms with Gasteiger partial charge in [-0.25, -0.2) is 0 Å². The molecule has 2 aliphatic rings. The number of hydrogen-bond acceptors (Lipinski definition) is 5. The van der Waals surface area contributed by atoms with Crippen molar-refractivity contribution in [2.75, 3.05) is 37.7 Å². The molecule has 0 N–H and O–H groups in total. The Balaban J connectivity index is 1.32. The number of benzene rings is 1. The van der Waals surface area contributed by atoms with Gasteiger partial charge in [0.15, 0.2) is 6.61 Å². The Labute approximate surface area is 158 Å². The summed E-state index contributed by atoms with van der Waals surface area (Å²) in [5.74, 6) is 3.16. The monoisotopic (exact) mass is 372 g/mol. The molecule has 0 atom stereocenters. The molecule has 0 aliphatic carbocycles. The summed E-state index contributed by atoms with van der Waals surface area (Å²) in [6.45, 7) is 5.30. The maximum Gasteiger partial charge on any atom is 0.260 e. The molecule has 2 aliphatic heterocycles. The maximum atomic E-state index is 12.5. The summed E-state index contributed by atoms with van der Waals surface area (Å²) in [6, 6.07) is 11.6. The maximum absolute atomic E-state index is 12.5. The topological polar surface area (TPSA) is 50.6 Å². The zero-order chi connectivity index (χ0) is 17.8. The Bertz CT molecular complexity index is 743. The van der Waals surface area contributed by atoms with Crippen LogP contribution >= 0.6 is 11.8 Å². The summed E-state index contributed by atoms with van der Waals surface area (Å²) in [5.41, 5.74) is 2.23. The van der Waals surface area contributed by atoms with Crippen molar-refractivity contribution in [2.24, 2.45) is 0 Å². The van der Waals surface area contributed by atoms with Gasteiger partial charge in [0.2, 0.25) is 0 Å². The van der Waals surface area contributed by atoms with Gasteiger partial charge in [-0.1, -0.05) is 18.2 Å². The molecule has 6 nitrogen and oxygen atoms in total. The van der Waals surface area contributed by atoms with Crippen molar-refractivity contribution >= 4 is 17.7 Å². The third kappa shape index (κ3) is 4.22. The van der Waals surface area contributed by atoms with E-state index in [0.717, 1.165) is 43.3 Å². The first-order valence-electron chi connectivity index (χ1n) is 9.09. The molecule has 1 amide bonds. The van der Waals surface area contributed by atoms with Crippen LogP contribution in [0.5, 0.6) is 5.75 Å². The SMILES string of the molecule is O=C(COc1ccccc1)N1CCn2nc(CN3CCSCC3)cc2C1. The van der Waals surface area contributed by atoms with Crippen molar-refractivity contribution in [3.05, 3.63) is 47.8 Å². The van der Waals surface area contributed by atoms with Gasteiger partial charge in [-0.05, 0) is 18.2 Å². The Hall–Kier alpha value is -1.99. The van der Waals surface area contributed by atoms with Crippen molar-refractivity contribution in [1.29, 1.82) is 0 Å². The summed E-state index contributed by atoms with van der Waals surface area (Å²) in [4.78, 5) is 16.8. The van der Waals surface area contributed by atoms with Crippen molar-refractivity contribution in [3.63, 3.8) is 0 Å². The Kier molecular flexibility index (Phi) is 5.45. The van der Waals surface area contributed by atoms with E-state index in [1.54, 1.807) is 0 Å². The number of amides is 1. The average molecular weight is 372 g/mol. The third-order valence-corrected chi connectivity index (χ3v) is 5.74. The van der Waals surface area contributed by atoms with Crippen LogP contribution in [0.25, 0.3) is 0 Å². The van der Waals surface area contributed by atoms with Crippen LogP contribution in [0.15, 0.2) is 36.4 Å². The predicted molar refractivity (Wildman–Crippen MR) is 102 cm³/mol. The molecule has 1 saturated heterocycles. The fourth-order valence-electron chi connectivity index (χ4n) is 3.36. The average Bonchev–Trinajstić information content (AvgIpc) is 3.09. The van der Waals surface area contributed by atoms with E-state index in [1.165, 1.54) is 11.5 Å². The number of ether oxygens (including phenoxy) is 1. The van der Waals surface area contributed by atoms with E-state index < -0.39 is 0 Å². The normalized spacial score (nSPS) is 17.8. The number of aromatic nitrogens is 2. The van der Waals surface area contributed by atoms with E-state index in [9.17, 15) is 4.79 Å². The highest BCUT2D eigenvalue weighted by Crippen LogP contribution is 2.17. The molecule has 26 heavy (non-hydrogen) atoms. The van der Waals surface area contributed by atoms with Crippen molar-refractivity contribution in [2.45, 2.75) is 19.6 Å². The molecular formula is C19H24N4O2S. The van der Waals surface area contributed by atoms with Gasteiger partial charge < -0.3 is 9.64 Å². The molecular weight excluding hydrogens is 348 g/mol. The molecule has 1 fully saturated rings. The number of rotatable bonds is 5. The van der Waals surface area contributed by atoms with Gasteiger partial charge in [-0.3, -0.25) is 14.4 Å². The van der Waals surface area contributed by atoms with E-state index in [-0.39, 0.29) is 12.5 Å². The van der Waals surface area contributed by atoms with Gasteiger partial charge in [0.25, 0.3) is 5.91 Å². The van der Waals surface area contributed by atoms with Crippen LogP contribution in [0.3, 0.4) is 0 Å². The Morgan fingerprint density at radius 2 is 1.92 bits per heavy atom. The number of para-hydroxylation sites is 1. The van der Waals surface area contributed by atoms with Gasteiger partial charge in [0.05, 0.1) is 24.5 Å². The zero-order valence-corrected chi connectivity index (χ0v) is 15.7. The molecule has 0 bridgehead atoms. The summed E-state index contributed by atoms with van der Waals surface area (Å²) in [5, 5.41) is 4.73. The summed E-state index contributed by atoms with van der Waals surface area (Å²) >= 11 is 2.02. The molecule has 4 rings (SSSR count). The quantitative estimate of drug-likeness (QED) is 0.802. The molecule has 3 heterocycles. The van der Waals surface area contributed by atoms with Crippen LogP contribution in [0.1, 0.15) is 11.4 Å². The molecule has 1 aromatic carbocycles. The van der Waals surface area contributed by atoms with E-state index in [0.29, 0.717) is 13.1 Å². The van der Waals surface area contributed by atoms with Crippen LogP contribution in [-0.2, 0) is 24.4 Å². The highest BCUT2D eigenvalue weighted by Gasteiger charge is 2.23. The highest BCUT2D eigenvalue weighted by molar-refractivity contribution is 7.99. The van der Waals surface area contributed by atoms with Crippen molar-refractivity contribution in [1.82, 2.24) is 19.6 Å². The lowest BCUT2D eigenvalue weighted by atomic mass is 10.2. The van der Waals surface area contributed by atoms with Crippen LogP contribution in [0.4, 0.5) is 0 Å². The predicted octanol–water partition coefficient (Wildman–Crippen LogP) is 1.85. The van der Waals surface area contributed by atoms with Gasteiger partial charge in [0, 0.05) is 37.7 Å². The first-order chi connectivity index (χ1) is 12.8. The summed E-state index contributed by atoms with van der Waals surface area (Å²) in [6.07, 6.45) is 0.